The number of aliphatic hydroxyl groups excluding tert-OH is 1. The van der Waals surface area contributed by atoms with E-state index in [4.69, 9.17) is 10.5 Å². The summed E-state index contributed by atoms with van der Waals surface area (Å²) < 4.78 is 5.51. The third-order valence-electron chi connectivity index (χ3n) is 2.96. The van der Waals surface area contributed by atoms with Crippen LogP contribution in [0.2, 0.25) is 0 Å². The molecule has 0 radical (unpaired) electrons. The van der Waals surface area contributed by atoms with E-state index in [9.17, 15) is 10.2 Å². The molecule has 2 rings (SSSR count). The first kappa shape index (κ1) is 11.2. The quantitative estimate of drug-likeness (QED) is 0.665. The number of phenols is 1. The van der Waals surface area contributed by atoms with Crippen LogP contribution >= 0.6 is 0 Å². The Balaban J connectivity index is 2.15. The Labute approximate surface area is 94.7 Å². The molecule has 1 saturated heterocycles. The molecule has 0 amide bonds. The fraction of sp³-hybridized carbons (Fsp3) is 0.500. The Morgan fingerprint density at radius 2 is 2.19 bits per heavy atom. The van der Waals surface area contributed by atoms with Gasteiger partial charge in [-0.2, -0.15) is 0 Å². The monoisotopic (exact) mass is 223 g/mol. The number of nitrogens with two attached hydrogens (primary N) is 1. The van der Waals surface area contributed by atoms with Crippen molar-refractivity contribution in [2.75, 3.05) is 12.3 Å². The van der Waals surface area contributed by atoms with Crippen molar-refractivity contribution < 1.29 is 14.9 Å². The molecule has 16 heavy (non-hydrogen) atoms. The number of hydrogen-bond acceptors (Lipinski definition) is 4. The number of phenolic OH excluding ortho intramolecular Hbond substituents is 1. The Morgan fingerprint density at radius 1 is 1.38 bits per heavy atom. The number of anilines is 1. The van der Waals surface area contributed by atoms with Crippen molar-refractivity contribution in [2.24, 2.45) is 0 Å². The molecule has 4 N–H and O–H groups in total. The van der Waals surface area contributed by atoms with Crippen LogP contribution in [0.25, 0.3) is 0 Å². The minimum absolute atomic E-state index is 0.109. The van der Waals surface area contributed by atoms with Crippen molar-refractivity contribution in [2.45, 2.75) is 31.5 Å². The highest BCUT2D eigenvalue weighted by atomic mass is 16.5. The van der Waals surface area contributed by atoms with Gasteiger partial charge >= 0.3 is 0 Å². The van der Waals surface area contributed by atoms with Gasteiger partial charge in [0.2, 0.25) is 0 Å². The van der Waals surface area contributed by atoms with Gasteiger partial charge in [-0.1, -0.05) is 6.07 Å². The van der Waals surface area contributed by atoms with Gasteiger partial charge in [0.1, 0.15) is 11.9 Å². The molecule has 1 aliphatic heterocycles. The smallest absolute Gasteiger partial charge is 0.117 e. The van der Waals surface area contributed by atoms with Crippen LogP contribution in [0.4, 0.5) is 5.69 Å². The van der Waals surface area contributed by atoms with Gasteiger partial charge in [0, 0.05) is 23.9 Å². The highest BCUT2D eigenvalue weighted by molar-refractivity contribution is 5.52. The number of aromatic hydroxyl groups is 1. The minimum atomic E-state index is -0.708. The van der Waals surface area contributed by atoms with Crippen LogP contribution in [0.3, 0.4) is 0 Å². The van der Waals surface area contributed by atoms with Crippen LogP contribution in [-0.4, -0.2) is 22.9 Å². The summed E-state index contributed by atoms with van der Waals surface area (Å²) in [5, 5.41) is 19.4. The number of ether oxygens (including phenoxy) is 1. The molecule has 1 fully saturated rings. The van der Waals surface area contributed by atoms with Crippen molar-refractivity contribution in [1.82, 2.24) is 0 Å². The van der Waals surface area contributed by atoms with Gasteiger partial charge in [-0.3, -0.25) is 0 Å². The third kappa shape index (κ3) is 2.28. The summed E-state index contributed by atoms with van der Waals surface area (Å²) in [6, 6.07) is 4.62. The predicted molar refractivity (Wildman–Crippen MR) is 61.1 cm³/mol. The molecule has 0 bridgehead atoms. The summed E-state index contributed by atoms with van der Waals surface area (Å²) >= 11 is 0. The van der Waals surface area contributed by atoms with E-state index in [1.165, 1.54) is 12.1 Å². The van der Waals surface area contributed by atoms with Gasteiger partial charge in [-0.25, -0.2) is 0 Å². The van der Waals surface area contributed by atoms with Crippen LogP contribution in [-0.2, 0) is 4.74 Å². The minimum Gasteiger partial charge on any atom is -0.508 e. The van der Waals surface area contributed by atoms with E-state index in [-0.39, 0.29) is 11.9 Å². The zero-order valence-electron chi connectivity index (χ0n) is 9.10. The molecule has 2 unspecified atom stereocenters. The molecule has 1 aliphatic rings. The van der Waals surface area contributed by atoms with E-state index in [0.29, 0.717) is 17.9 Å². The molecule has 4 nitrogen and oxygen atoms in total. The van der Waals surface area contributed by atoms with Crippen LogP contribution in [0.15, 0.2) is 18.2 Å². The lowest BCUT2D eigenvalue weighted by atomic mass is 9.97. The number of aliphatic hydroxyl groups is 1. The lowest BCUT2D eigenvalue weighted by Crippen LogP contribution is -2.26. The van der Waals surface area contributed by atoms with E-state index in [1.54, 1.807) is 6.07 Å². The highest BCUT2D eigenvalue weighted by Gasteiger charge is 2.25. The average molecular weight is 223 g/mol. The molecule has 88 valence electrons. The summed E-state index contributed by atoms with van der Waals surface area (Å²) in [4.78, 5) is 0. The number of nitrogen functional groups attached to an aromatic ring is 1. The molecule has 0 saturated carbocycles. The first-order valence-corrected chi connectivity index (χ1v) is 5.56. The SMILES string of the molecule is Nc1cc(O)ccc1C(O)C1CCCCO1. The second-order valence-corrected chi connectivity index (χ2v) is 4.16. The number of hydrogen-bond donors (Lipinski definition) is 3. The van der Waals surface area contributed by atoms with E-state index < -0.39 is 6.10 Å². The van der Waals surface area contributed by atoms with Gasteiger partial charge in [0.05, 0.1) is 6.10 Å². The summed E-state index contributed by atoms with van der Waals surface area (Å²) in [7, 11) is 0. The van der Waals surface area contributed by atoms with E-state index >= 15 is 0 Å². The molecule has 4 heteroatoms. The van der Waals surface area contributed by atoms with Crippen LogP contribution < -0.4 is 5.73 Å². The first-order valence-electron chi connectivity index (χ1n) is 5.56. The van der Waals surface area contributed by atoms with Crippen LogP contribution in [0.5, 0.6) is 5.75 Å². The molecule has 2 atom stereocenters. The van der Waals surface area contributed by atoms with E-state index in [1.807, 2.05) is 0 Å². The van der Waals surface area contributed by atoms with Gasteiger partial charge in [-0.15, -0.1) is 0 Å². The van der Waals surface area contributed by atoms with Crippen molar-refractivity contribution in [1.29, 1.82) is 0 Å². The number of rotatable bonds is 2. The molecular weight excluding hydrogens is 206 g/mol. The second kappa shape index (κ2) is 4.72. The molecular formula is C12H17NO3. The predicted octanol–water partition coefficient (Wildman–Crippen LogP) is 1.58. The Kier molecular flexibility index (Phi) is 3.31. The van der Waals surface area contributed by atoms with Crippen molar-refractivity contribution in [3.05, 3.63) is 23.8 Å². The molecule has 0 spiro atoms. The summed E-state index contributed by atoms with van der Waals surface area (Å²) in [5.74, 6) is 0.109. The van der Waals surface area contributed by atoms with Crippen molar-refractivity contribution >= 4 is 5.69 Å². The second-order valence-electron chi connectivity index (χ2n) is 4.16. The van der Waals surface area contributed by atoms with Crippen molar-refractivity contribution in [3.8, 4) is 5.75 Å². The average Bonchev–Trinajstić information content (AvgIpc) is 2.29. The fourth-order valence-electron chi connectivity index (χ4n) is 2.05. The standard InChI is InChI=1S/C12H17NO3/c13-10-7-8(14)4-5-9(10)12(15)11-3-1-2-6-16-11/h4-5,7,11-12,14-15H,1-3,6,13H2. The summed E-state index contributed by atoms with van der Waals surface area (Å²) in [5.41, 5.74) is 6.79. The Hall–Kier alpha value is -1.26. The van der Waals surface area contributed by atoms with E-state index in [2.05, 4.69) is 0 Å². The third-order valence-corrected chi connectivity index (χ3v) is 2.96. The molecule has 0 aliphatic carbocycles. The maximum atomic E-state index is 10.1. The van der Waals surface area contributed by atoms with Crippen LogP contribution in [0.1, 0.15) is 30.9 Å². The molecule has 0 aromatic heterocycles. The molecule has 1 heterocycles. The van der Waals surface area contributed by atoms with Gasteiger partial charge < -0.3 is 20.7 Å². The zero-order chi connectivity index (χ0) is 11.5. The molecule has 1 aromatic rings. The summed E-state index contributed by atoms with van der Waals surface area (Å²) in [6.07, 6.45) is 2.08. The normalized spacial score (nSPS) is 22.9. The first-order chi connectivity index (χ1) is 7.68. The largest absolute Gasteiger partial charge is 0.508 e. The van der Waals surface area contributed by atoms with E-state index in [0.717, 1.165) is 19.3 Å². The lowest BCUT2D eigenvalue weighted by Gasteiger charge is -2.27. The maximum Gasteiger partial charge on any atom is 0.117 e. The lowest BCUT2D eigenvalue weighted by molar-refractivity contribution is -0.0630. The van der Waals surface area contributed by atoms with Gasteiger partial charge in [0.25, 0.3) is 0 Å². The maximum absolute atomic E-state index is 10.1. The highest BCUT2D eigenvalue weighted by Crippen LogP contribution is 2.31. The zero-order valence-corrected chi connectivity index (χ0v) is 9.10. The fourth-order valence-corrected chi connectivity index (χ4v) is 2.05. The molecule has 1 aromatic carbocycles. The Morgan fingerprint density at radius 3 is 2.81 bits per heavy atom. The van der Waals surface area contributed by atoms with Gasteiger partial charge in [-0.05, 0) is 25.3 Å². The number of benzene rings is 1. The summed E-state index contributed by atoms with van der Waals surface area (Å²) in [6.45, 7) is 0.694. The topological polar surface area (TPSA) is 75.7 Å². The Bertz CT molecular complexity index is 361. The van der Waals surface area contributed by atoms with Gasteiger partial charge in [0.15, 0.2) is 0 Å². The van der Waals surface area contributed by atoms with Crippen molar-refractivity contribution in [3.63, 3.8) is 0 Å². The van der Waals surface area contributed by atoms with Crippen LogP contribution in [0, 0.1) is 0 Å².